The first-order valence-corrected chi connectivity index (χ1v) is 10.1. The first-order valence-electron chi connectivity index (χ1n) is 10.1. The standard InChI is InChI=1S/C19H14N4O3.C4H5F3/c24-18-14-4-2-1-3-13(14)16-15(9-10-20-17(16)23-18)21-11-5-7-12(8-6-11)22-19(25)26;5-4(6,7)3-1-2-3/h1-10,22H,(H,25,26)(H2,20,21,23,24);3H,1-2H2. The number of anilines is 3. The number of aromatic amines is 1. The van der Waals surface area contributed by atoms with Gasteiger partial charge in [0.15, 0.2) is 0 Å². The number of hydrogen-bond donors (Lipinski definition) is 4. The van der Waals surface area contributed by atoms with E-state index in [1.165, 1.54) is 0 Å². The zero-order chi connectivity index (χ0) is 23.6. The van der Waals surface area contributed by atoms with Crippen LogP contribution in [0.2, 0.25) is 0 Å². The van der Waals surface area contributed by atoms with Crippen LogP contribution in [0.4, 0.5) is 35.0 Å². The number of fused-ring (bicyclic) bond motifs is 3. The quantitative estimate of drug-likeness (QED) is 0.289. The number of carbonyl (C=O) groups is 1. The predicted octanol–water partition coefficient (Wildman–Crippen LogP) is 5.87. The fourth-order valence-electron chi connectivity index (χ4n) is 3.33. The molecule has 0 spiro atoms. The summed E-state index contributed by atoms with van der Waals surface area (Å²) in [6.45, 7) is 0. The Bertz CT molecular complexity index is 1360. The fraction of sp³-hybridized carbons (Fsp3) is 0.174. The molecular formula is C23H19F3N4O3. The maximum absolute atomic E-state index is 12.2. The summed E-state index contributed by atoms with van der Waals surface area (Å²) in [4.78, 5) is 30.0. The molecule has 0 atom stereocenters. The minimum absolute atomic E-state index is 0.179. The molecule has 1 saturated carbocycles. The van der Waals surface area contributed by atoms with Crippen molar-refractivity contribution in [1.82, 2.24) is 9.97 Å². The van der Waals surface area contributed by atoms with E-state index in [-0.39, 0.29) is 5.56 Å². The van der Waals surface area contributed by atoms with Crippen LogP contribution < -0.4 is 16.2 Å². The van der Waals surface area contributed by atoms with Gasteiger partial charge in [-0.2, -0.15) is 13.2 Å². The zero-order valence-electron chi connectivity index (χ0n) is 17.1. The summed E-state index contributed by atoms with van der Waals surface area (Å²) in [5.74, 6) is -0.951. The van der Waals surface area contributed by atoms with Crippen LogP contribution in [0, 0.1) is 5.92 Å². The van der Waals surface area contributed by atoms with Gasteiger partial charge in [0.2, 0.25) is 0 Å². The minimum Gasteiger partial charge on any atom is -0.465 e. The van der Waals surface area contributed by atoms with E-state index in [2.05, 4.69) is 20.6 Å². The van der Waals surface area contributed by atoms with Gasteiger partial charge in [0.25, 0.3) is 5.56 Å². The molecular weight excluding hydrogens is 437 g/mol. The SMILES string of the molecule is FC(F)(F)C1CC1.O=C(O)Nc1ccc(Nc2ccnc3[nH]c(=O)c4ccccc4c23)cc1. The molecule has 0 aliphatic heterocycles. The monoisotopic (exact) mass is 456 g/mol. The molecule has 170 valence electrons. The van der Waals surface area contributed by atoms with Crippen molar-refractivity contribution in [3.8, 4) is 0 Å². The second kappa shape index (κ2) is 8.81. The lowest BCUT2D eigenvalue weighted by Gasteiger charge is -2.12. The molecule has 10 heteroatoms. The largest absolute Gasteiger partial charge is 0.465 e. The summed E-state index contributed by atoms with van der Waals surface area (Å²) >= 11 is 0. The predicted molar refractivity (Wildman–Crippen MR) is 120 cm³/mol. The van der Waals surface area contributed by atoms with Crippen LogP contribution in [-0.2, 0) is 0 Å². The maximum Gasteiger partial charge on any atom is 0.409 e. The Morgan fingerprint density at radius 1 is 1.00 bits per heavy atom. The van der Waals surface area contributed by atoms with E-state index in [0.717, 1.165) is 22.1 Å². The number of nitrogens with one attached hydrogen (secondary N) is 3. The molecule has 0 radical (unpaired) electrons. The molecule has 1 fully saturated rings. The number of carboxylic acid groups (broad SMARTS) is 1. The van der Waals surface area contributed by atoms with Crippen molar-refractivity contribution in [3.63, 3.8) is 0 Å². The number of amides is 1. The second-order valence-corrected chi connectivity index (χ2v) is 7.53. The molecule has 0 unspecified atom stereocenters. The molecule has 4 aromatic rings. The van der Waals surface area contributed by atoms with Crippen molar-refractivity contribution in [2.45, 2.75) is 19.0 Å². The third-order valence-electron chi connectivity index (χ3n) is 5.08. The molecule has 4 N–H and O–H groups in total. The molecule has 1 aliphatic rings. The normalized spacial score (nSPS) is 13.3. The summed E-state index contributed by atoms with van der Waals surface area (Å²) < 4.78 is 33.7. The molecule has 0 saturated heterocycles. The van der Waals surface area contributed by atoms with E-state index in [4.69, 9.17) is 5.11 Å². The van der Waals surface area contributed by atoms with Gasteiger partial charge in [-0.1, -0.05) is 18.2 Å². The number of halogens is 3. The summed E-state index contributed by atoms with van der Waals surface area (Å²) in [6, 6.07) is 16.1. The van der Waals surface area contributed by atoms with Crippen LogP contribution in [0.5, 0.6) is 0 Å². The van der Waals surface area contributed by atoms with Crippen molar-refractivity contribution in [3.05, 3.63) is 71.1 Å². The van der Waals surface area contributed by atoms with E-state index >= 15 is 0 Å². The smallest absolute Gasteiger partial charge is 0.409 e. The van der Waals surface area contributed by atoms with Crippen molar-refractivity contribution < 1.29 is 23.1 Å². The van der Waals surface area contributed by atoms with Gasteiger partial charge >= 0.3 is 12.3 Å². The third kappa shape index (κ3) is 5.22. The highest BCUT2D eigenvalue weighted by atomic mass is 19.4. The van der Waals surface area contributed by atoms with Gasteiger partial charge in [0, 0.05) is 33.7 Å². The Morgan fingerprint density at radius 3 is 2.21 bits per heavy atom. The number of H-pyrrole nitrogens is 1. The number of hydrogen-bond acceptors (Lipinski definition) is 4. The van der Waals surface area contributed by atoms with Crippen LogP contribution in [0.1, 0.15) is 12.8 Å². The van der Waals surface area contributed by atoms with Gasteiger partial charge in [0.1, 0.15) is 5.65 Å². The average molecular weight is 456 g/mol. The van der Waals surface area contributed by atoms with Crippen molar-refractivity contribution in [2.75, 3.05) is 10.6 Å². The van der Waals surface area contributed by atoms with Crippen LogP contribution >= 0.6 is 0 Å². The summed E-state index contributed by atoms with van der Waals surface area (Å²) in [5.41, 5.74) is 2.38. The van der Waals surface area contributed by atoms with Gasteiger partial charge in [0.05, 0.1) is 11.6 Å². The maximum atomic E-state index is 12.2. The Kier molecular flexibility index (Phi) is 5.91. The van der Waals surface area contributed by atoms with Crippen LogP contribution in [0.25, 0.3) is 21.8 Å². The Hall–Kier alpha value is -4.08. The lowest BCUT2D eigenvalue weighted by atomic mass is 10.1. The van der Waals surface area contributed by atoms with Gasteiger partial charge < -0.3 is 15.4 Å². The molecule has 2 heterocycles. The Morgan fingerprint density at radius 2 is 1.64 bits per heavy atom. The number of rotatable bonds is 3. The number of nitrogens with zero attached hydrogens (tertiary/aromatic N) is 1. The van der Waals surface area contributed by atoms with E-state index in [1.54, 1.807) is 36.5 Å². The number of aromatic nitrogens is 2. The minimum atomic E-state index is -3.89. The van der Waals surface area contributed by atoms with Gasteiger partial charge in [-0.25, -0.2) is 9.78 Å². The highest BCUT2D eigenvalue weighted by Gasteiger charge is 2.46. The zero-order valence-corrected chi connectivity index (χ0v) is 17.1. The number of benzene rings is 2. The molecule has 2 aromatic heterocycles. The van der Waals surface area contributed by atoms with Crippen molar-refractivity contribution in [1.29, 1.82) is 0 Å². The summed E-state index contributed by atoms with van der Waals surface area (Å²) in [7, 11) is 0. The molecule has 33 heavy (non-hydrogen) atoms. The second-order valence-electron chi connectivity index (χ2n) is 7.53. The molecule has 1 aliphatic carbocycles. The van der Waals surface area contributed by atoms with E-state index < -0.39 is 18.2 Å². The van der Waals surface area contributed by atoms with Crippen LogP contribution in [-0.4, -0.2) is 27.3 Å². The highest BCUT2D eigenvalue weighted by molar-refractivity contribution is 6.10. The van der Waals surface area contributed by atoms with E-state index in [9.17, 15) is 22.8 Å². The lowest BCUT2D eigenvalue weighted by Crippen LogP contribution is -2.08. The van der Waals surface area contributed by atoms with Crippen LogP contribution in [0.15, 0.2) is 65.6 Å². The first kappa shape index (κ1) is 22.1. The molecule has 0 bridgehead atoms. The van der Waals surface area contributed by atoms with Gasteiger partial charge in [-0.15, -0.1) is 0 Å². The Balaban J connectivity index is 0.000000318. The Labute approximate surface area is 185 Å². The topological polar surface area (TPSA) is 107 Å². The number of alkyl halides is 3. The lowest BCUT2D eigenvalue weighted by molar-refractivity contribution is -0.147. The van der Waals surface area contributed by atoms with Gasteiger partial charge in [-0.05, 0) is 49.2 Å². The van der Waals surface area contributed by atoms with Crippen molar-refractivity contribution >= 4 is 45.0 Å². The summed E-state index contributed by atoms with van der Waals surface area (Å²) in [6.07, 6.45) is -2.68. The van der Waals surface area contributed by atoms with Crippen LogP contribution in [0.3, 0.4) is 0 Å². The first-order chi connectivity index (χ1) is 15.7. The average Bonchev–Trinajstić information content (AvgIpc) is 3.61. The molecule has 5 rings (SSSR count). The number of pyridine rings is 2. The fourth-order valence-corrected chi connectivity index (χ4v) is 3.33. The van der Waals surface area contributed by atoms with E-state index in [1.807, 2.05) is 24.3 Å². The summed E-state index contributed by atoms with van der Waals surface area (Å²) in [5, 5.41) is 16.6. The van der Waals surface area contributed by atoms with Gasteiger partial charge in [-0.3, -0.25) is 10.1 Å². The third-order valence-corrected chi connectivity index (χ3v) is 5.08. The van der Waals surface area contributed by atoms with E-state index in [0.29, 0.717) is 29.6 Å². The molecule has 7 nitrogen and oxygen atoms in total. The van der Waals surface area contributed by atoms with Crippen molar-refractivity contribution in [2.24, 2.45) is 5.92 Å². The molecule has 1 amide bonds. The molecule has 2 aromatic carbocycles. The highest BCUT2D eigenvalue weighted by Crippen LogP contribution is 2.43.